The monoisotopic (exact) mass is 432 g/mol. The summed E-state index contributed by atoms with van der Waals surface area (Å²) in [6.45, 7) is 2.23. The van der Waals surface area contributed by atoms with E-state index in [1.807, 2.05) is 4.90 Å². The van der Waals surface area contributed by atoms with E-state index in [9.17, 15) is 22.8 Å². The zero-order chi connectivity index (χ0) is 22.0. The first-order valence-corrected chi connectivity index (χ1v) is 9.64. The van der Waals surface area contributed by atoms with Gasteiger partial charge in [0.25, 0.3) is 5.56 Å². The van der Waals surface area contributed by atoms with Crippen molar-refractivity contribution in [3.63, 3.8) is 0 Å². The maximum Gasteiger partial charge on any atom is 0.416 e. The molecule has 4 rings (SSSR count). The molecule has 162 valence electrons. The number of hydrogen-bond acceptors (Lipinski definition) is 5. The molecule has 1 N–H and O–H groups in total. The molecule has 2 heterocycles. The Morgan fingerprint density at radius 3 is 2.32 bits per heavy atom. The molecule has 0 saturated carbocycles. The van der Waals surface area contributed by atoms with Crippen molar-refractivity contribution < 1.29 is 22.7 Å². The highest BCUT2D eigenvalue weighted by molar-refractivity contribution is 5.92. The number of rotatable bonds is 4. The molecule has 3 aromatic rings. The van der Waals surface area contributed by atoms with Gasteiger partial charge in [0, 0.05) is 18.5 Å². The zero-order valence-electron chi connectivity index (χ0n) is 16.4. The molecule has 1 aliphatic rings. The Kier molecular flexibility index (Phi) is 5.64. The minimum absolute atomic E-state index is 0.202. The fraction of sp³-hybridized carbons (Fsp3) is 0.286. The van der Waals surface area contributed by atoms with Gasteiger partial charge in [-0.15, -0.1) is 9.89 Å². The lowest BCUT2D eigenvalue weighted by Crippen LogP contribution is -2.41. The van der Waals surface area contributed by atoms with E-state index in [1.54, 1.807) is 24.3 Å². The van der Waals surface area contributed by atoms with Gasteiger partial charge in [-0.25, -0.2) is 5.43 Å². The zero-order valence-corrected chi connectivity index (χ0v) is 16.4. The molecule has 1 saturated heterocycles. The van der Waals surface area contributed by atoms with Crippen LogP contribution in [0.3, 0.4) is 0 Å². The van der Waals surface area contributed by atoms with E-state index in [0.29, 0.717) is 48.5 Å². The van der Waals surface area contributed by atoms with Crippen LogP contribution in [0.5, 0.6) is 0 Å². The van der Waals surface area contributed by atoms with Crippen molar-refractivity contribution >= 4 is 22.5 Å². The number of morpholine rings is 1. The molecule has 1 aliphatic heterocycles. The Balaban J connectivity index is 1.59. The first-order chi connectivity index (χ1) is 14.8. The van der Waals surface area contributed by atoms with E-state index in [1.165, 1.54) is 12.1 Å². The maximum atomic E-state index is 12.8. The van der Waals surface area contributed by atoms with E-state index in [4.69, 9.17) is 4.74 Å². The number of carbonyl (C=O) groups is 1. The number of anilines is 1. The smallest absolute Gasteiger partial charge is 0.378 e. The number of halogens is 3. The molecular weight excluding hydrogens is 413 g/mol. The van der Waals surface area contributed by atoms with Gasteiger partial charge in [0.2, 0.25) is 5.91 Å². The lowest BCUT2D eigenvalue weighted by atomic mass is 10.1. The van der Waals surface area contributed by atoms with Gasteiger partial charge in [-0.05, 0) is 23.8 Å². The number of nitrogens with zero attached hydrogens (tertiary/aromatic N) is 3. The molecule has 0 unspecified atom stereocenters. The van der Waals surface area contributed by atoms with Gasteiger partial charge in [0.15, 0.2) is 5.82 Å². The number of alkyl halides is 3. The van der Waals surface area contributed by atoms with Crippen molar-refractivity contribution in [1.29, 1.82) is 0 Å². The number of aromatic nitrogens is 2. The Bertz CT molecular complexity index is 1150. The van der Waals surface area contributed by atoms with Crippen molar-refractivity contribution in [2.24, 2.45) is 0 Å². The summed E-state index contributed by atoms with van der Waals surface area (Å²) in [5.74, 6) is -0.0223. The highest BCUT2D eigenvalue weighted by Crippen LogP contribution is 2.29. The lowest BCUT2D eigenvalue weighted by molar-refractivity contribution is -0.137. The number of fused-ring (bicyclic) bond motifs is 1. The normalized spacial score (nSPS) is 14.6. The number of carbonyl (C=O) groups excluding carboxylic acids is 1. The van der Waals surface area contributed by atoms with Crippen LogP contribution in [0.2, 0.25) is 0 Å². The van der Waals surface area contributed by atoms with Gasteiger partial charge in [-0.1, -0.05) is 30.3 Å². The van der Waals surface area contributed by atoms with E-state index in [0.717, 1.165) is 16.9 Å². The van der Waals surface area contributed by atoms with Gasteiger partial charge in [-0.3, -0.25) is 9.59 Å². The molecule has 7 nitrogen and oxygen atoms in total. The highest BCUT2D eigenvalue weighted by Gasteiger charge is 2.30. The van der Waals surface area contributed by atoms with Crippen molar-refractivity contribution in [1.82, 2.24) is 9.89 Å². The maximum absolute atomic E-state index is 12.8. The quantitative estimate of drug-likeness (QED) is 0.686. The number of ether oxygens (including phenoxy) is 1. The first-order valence-electron chi connectivity index (χ1n) is 9.64. The van der Waals surface area contributed by atoms with Crippen LogP contribution in [0, 0.1) is 0 Å². The van der Waals surface area contributed by atoms with Crippen LogP contribution in [0.4, 0.5) is 19.0 Å². The van der Waals surface area contributed by atoms with Crippen LogP contribution in [0.1, 0.15) is 11.1 Å². The first kappa shape index (κ1) is 20.9. The van der Waals surface area contributed by atoms with Crippen molar-refractivity contribution in [2.75, 3.05) is 36.6 Å². The summed E-state index contributed by atoms with van der Waals surface area (Å²) in [7, 11) is 0. The lowest BCUT2D eigenvalue weighted by Gasteiger charge is -2.29. The summed E-state index contributed by atoms with van der Waals surface area (Å²) in [4.78, 5) is 28.2. The topological polar surface area (TPSA) is 76.5 Å². The van der Waals surface area contributed by atoms with E-state index < -0.39 is 23.2 Å². The third-order valence-electron chi connectivity index (χ3n) is 4.97. The standard InChI is InChI=1S/C21H19F3N4O3/c22-21(23,24)15-7-5-14(6-8-15)13-18(29)25-28-20(30)17-4-2-1-3-16(17)19(26-28)27-9-11-31-12-10-27/h1-8H,9-13H2,(H,25,29). The van der Waals surface area contributed by atoms with Gasteiger partial charge in [-0.2, -0.15) is 13.2 Å². The van der Waals surface area contributed by atoms with Crippen LogP contribution in [-0.4, -0.2) is 42.1 Å². The minimum atomic E-state index is -4.45. The van der Waals surface area contributed by atoms with Crippen molar-refractivity contribution in [3.8, 4) is 0 Å². The number of amides is 1. The molecule has 0 spiro atoms. The van der Waals surface area contributed by atoms with E-state index >= 15 is 0 Å². The largest absolute Gasteiger partial charge is 0.416 e. The van der Waals surface area contributed by atoms with Crippen molar-refractivity contribution in [2.45, 2.75) is 12.6 Å². The average molecular weight is 432 g/mol. The Hall–Kier alpha value is -3.40. The third-order valence-corrected chi connectivity index (χ3v) is 4.97. The fourth-order valence-electron chi connectivity index (χ4n) is 3.41. The molecule has 0 aliphatic carbocycles. The second-order valence-corrected chi connectivity index (χ2v) is 7.09. The van der Waals surface area contributed by atoms with Gasteiger partial charge in [0.1, 0.15) is 0 Å². The summed E-state index contributed by atoms with van der Waals surface area (Å²) in [5.41, 5.74) is 1.55. The summed E-state index contributed by atoms with van der Waals surface area (Å²) in [5, 5.41) is 5.41. The number of nitrogens with one attached hydrogen (secondary N) is 1. The minimum Gasteiger partial charge on any atom is -0.378 e. The summed E-state index contributed by atoms with van der Waals surface area (Å²) >= 11 is 0. The molecule has 0 atom stereocenters. The SMILES string of the molecule is O=C(Cc1ccc(C(F)(F)F)cc1)Nn1nc(N2CCOCC2)c2ccccc2c1=O. The second kappa shape index (κ2) is 8.38. The third kappa shape index (κ3) is 4.53. The molecule has 0 radical (unpaired) electrons. The van der Waals surface area contributed by atoms with Gasteiger partial charge < -0.3 is 9.64 Å². The molecule has 1 fully saturated rings. The molecule has 31 heavy (non-hydrogen) atoms. The predicted molar refractivity (Wildman–Crippen MR) is 109 cm³/mol. The Morgan fingerprint density at radius 1 is 1.03 bits per heavy atom. The molecule has 1 aromatic heterocycles. The van der Waals surface area contributed by atoms with Crippen LogP contribution >= 0.6 is 0 Å². The number of hydrogen-bond donors (Lipinski definition) is 1. The van der Waals surface area contributed by atoms with Crippen LogP contribution < -0.4 is 15.9 Å². The highest BCUT2D eigenvalue weighted by atomic mass is 19.4. The Morgan fingerprint density at radius 2 is 1.68 bits per heavy atom. The van der Waals surface area contributed by atoms with Crippen LogP contribution in [-0.2, 0) is 22.1 Å². The average Bonchev–Trinajstić information content (AvgIpc) is 2.76. The molecule has 1 amide bonds. The fourth-order valence-corrected chi connectivity index (χ4v) is 3.41. The van der Waals surface area contributed by atoms with Crippen molar-refractivity contribution in [3.05, 3.63) is 70.0 Å². The van der Waals surface area contributed by atoms with Gasteiger partial charge in [0.05, 0.1) is 30.6 Å². The Labute approximate surface area is 175 Å². The van der Waals surface area contributed by atoms with Crippen LogP contribution in [0.25, 0.3) is 10.8 Å². The molecule has 10 heteroatoms. The van der Waals surface area contributed by atoms with Gasteiger partial charge >= 0.3 is 6.18 Å². The molecular formula is C21H19F3N4O3. The molecule has 0 bridgehead atoms. The predicted octanol–water partition coefficient (Wildman–Crippen LogP) is 2.56. The summed E-state index contributed by atoms with van der Waals surface area (Å²) in [6.07, 6.45) is -4.65. The molecule has 2 aromatic carbocycles. The number of benzene rings is 2. The van der Waals surface area contributed by atoms with Crippen LogP contribution in [0.15, 0.2) is 53.3 Å². The summed E-state index contributed by atoms with van der Waals surface area (Å²) in [6, 6.07) is 11.3. The van der Waals surface area contributed by atoms with E-state index in [-0.39, 0.29) is 6.42 Å². The second-order valence-electron chi connectivity index (χ2n) is 7.09. The van der Waals surface area contributed by atoms with E-state index in [2.05, 4.69) is 10.5 Å². The summed E-state index contributed by atoms with van der Waals surface area (Å²) < 4.78 is 43.5.